The molecule has 2 heterocycles. The molecule has 5 nitrogen and oxygen atoms in total. The van der Waals surface area contributed by atoms with E-state index in [9.17, 15) is 14.0 Å². The first-order chi connectivity index (χ1) is 13.4. The van der Waals surface area contributed by atoms with Gasteiger partial charge in [0.05, 0.1) is 10.6 Å². The fourth-order valence-electron chi connectivity index (χ4n) is 3.38. The molecule has 0 saturated heterocycles. The Morgan fingerprint density at radius 3 is 2.89 bits per heavy atom. The lowest BCUT2D eigenvalue weighted by Crippen LogP contribution is -2.23. The summed E-state index contributed by atoms with van der Waals surface area (Å²) in [5.74, 6) is 0.0332. The highest BCUT2D eigenvalue weighted by Gasteiger charge is 2.24. The number of aromatic nitrogens is 2. The number of hydrogen-bond donors (Lipinski definition) is 2. The Morgan fingerprint density at radius 2 is 2.14 bits per heavy atom. The molecule has 0 fully saturated rings. The average Bonchev–Trinajstić information content (AvgIpc) is 3.01. The van der Waals surface area contributed by atoms with Crippen molar-refractivity contribution in [3.8, 4) is 0 Å². The zero-order valence-electron chi connectivity index (χ0n) is 15.5. The molecule has 146 valence electrons. The first-order valence-corrected chi connectivity index (χ1v) is 10.9. The first-order valence-electron chi connectivity index (χ1n) is 9.18. The summed E-state index contributed by atoms with van der Waals surface area (Å²) < 4.78 is 13.0. The Labute approximate surface area is 169 Å². The third-order valence-electron chi connectivity index (χ3n) is 4.91. The van der Waals surface area contributed by atoms with Gasteiger partial charge in [-0.05, 0) is 61.9 Å². The lowest BCUT2D eigenvalue weighted by atomic mass is 9.89. The number of halogens is 1. The van der Waals surface area contributed by atoms with Gasteiger partial charge in [0.2, 0.25) is 5.91 Å². The average molecular weight is 418 g/mol. The number of nitrogens with zero attached hydrogens (tertiary/aromatic N) is 1. The predicted molar refractivity (Wildman–Crippen MR) is 112 cm³/mol. The lowest BCUT2D eigenvalue weighted by molar-refractivity contribution is -0.115. The van der Waals surface area contributed by atoms with Crippen molar-refractivity contribution < 1.29 is 9.18 Å². The molecule has 0 aliphatic heterocycles. The Bertz CT molecular complexity index is 1090. The van der Waals surface area contributed by atoms with E-state index in [1.807, 2.05) is 0 Å². The van der Waals surface area contributed by atoms with Crippen LogP contribution >= 0.6 is 23.1 Å². The zero-order chi connectivity index (χ0) is 19.8. The van der Waals surface area contributed by atoms with Crippen LogP contribution in [0, 0.1) is 11.7 Å². The van der Waals surface area contributed by atoms with Crippen LogP contribution in [0.1, 0.15) is 30.7 Å². The molecule has 0 radical (unpaired) electrons. The fraction of sp³-hybridized carbons (Fsp3) is 0.350. The van der Waals surface area contributed by atoms with Crippen molar-refractivity contribution in [2.24, 2.45) is 5.92 Å². The summed E-state index contributed by atoms with van der Waals surface area (Å²) >= 11 is 2.79. The number of rotatable bonds is 4. The van der Waals surface area contributed by atoms with Gasteiger partial charge in [0.1, 0.15) is 10.6 Å². The van der Waals surface area contributed by atoms with Crippen LogP contribution in [0.4, 0.5) is 10.1 Å². The number of hydrogen-bond acceptors (Lipinski definition) is 5. The van der Waals surface area contributed by atoms with Crippen molar-refractivity contribution in [3.05, 3.63) is 50.9 Å². The van der Waals surface area contributed by atoms with Gasteiger partial charge >= 0.3 is 0 Å². The number of fused-ring (bicyclic) bond motifs is 3. The Balaban J connectivity index is 1.53. The number of nitrogens with one attached hydrogen (secondary N) is 2. The highest BCUT2D eigenvalue weighted by atomic mass is 32.2. The number of benzene rings is 1. The minimum Gasteiger partial charge on any atom is -0.325 e. The molecule has 1 aliphatic carbocycles. The summed E-state index contributed by atoms with van der Waals surface area (Å²) in [6.45, 7) is 3.97. The Morgan fingerprint density at radius 1 is 1.39 bits per heavy atom. The van der Waals surface area contributed by atoms with Crippen LogP contribution in [0.2, 0.25) is 0 Å². The van der Waals surface area contributed by atoms with E-state index in [4.69, 9.17) is 0 Å². The van der Waals surface area contributed by atoms with E-state index in [0.717, 1.165) is 29.7 Å². The van der Waals surface area contributed by atoms with Crippen LogP contribution in [-0.4, -0.2) is 21.1 Å². The molecule has 2 atom stereocenters. The van der Waals surface area contributed by atoms with Crippen molar-refractivity contribution in [3.63, 3.8) is 0 Å². The van der Waals surface area contributed by atoms with Gasteiger partial charge in [-0.2, -0.15) is 0 Å². The number of H-pyrrole nitrogens is 1. The molecule has 4 rings (SSSR count). The molecular formula is C20H20FN3O2S2. The topological polar surface area (TPSA) is 74.8 Å². The molecule has 1 aromatic carbocycles. The molecular weight excluding hydrogens is 397 g/mol. The highest BCUT2D eigenvalue weighted by molar-refractivity contribution is 8.00. The smallest absolute Gasteiger partial charge is 0.260 e. The normalized spacial score (nSPS) is 17.3. The minimum atomic E-state index is -0.472. The zero-order valence-corrected chi connectivity index (χ0v) is 17.2. The number of carbonyl (C=O) groups excluding carboxylic acids is 1. The molecule has 2 unspecified atom stereocenters. The SMILES string of the molecule is CC1CCc2c(sc3nc(SC(C)C(=O)Nc4ccc(F)cc4)[nH]c(=O)c23)C1. The summed E-state index contributed by atoms with van der Waals surface area (Å²) in [5.41, 5.74) is 1.53. The van der Waals surface area contributed by atoms with E-state index >= 15 is 0 Å². The van der Waals surface area contributed by atoms with Gasteiger partial charge in [0.25, 0.3) is 5.56 Å². The van der Waals surface area contributed by atoms with E-state index in [1.54, 1.807) is 18.3 Å². The second kappa shape index (κ2) is 7.67. The lowest BCUT2D eigenvalue weighted by Gasteiger charge is -2.17. The van der Waals surface area contributed by atoms with Crippen LogP contribution < -0.4 is 10.9 Å². The van der Waals surface area contributed by atoms with E-state index in [2.05, 4.69) is 22.2 Å². The van der Waals surface area contributed by atoms with E-state index in [-0.39, 0.29) is 17.3 Å². The molecule has 28 heavy (non-hydrogen) atoms. The van der Waals surface area contributed by atoms with Gasteiger partial charge in [-0.1, -0.05) is 18.7 Å². The summed E-state index contributed by atoms with van der Waals surface area (Å²) in [5, 5.41) is 3.41. The third kappa shape index (κ3) is 3.84. The Hall–Kier alpha value is -2.19. The monoisotopic (exact) mass is 417 g/mol. The van der Waals surface area contributed by atoms with Crippen LogP contribution in [0.15, 0.2) is 34.2 Å². The number of thioether (sulfide) groups is 1. The molecule has 3 aromatic rings. The van der Waals surface area contributed by atoms with Crippen molar-refractivity contribution >= 4 is 44.9 Å². The summed E-state index contributed by atoms with van der Waals surface area (Å²) in [6.07, 6.45) is 3.01. The standard InChI is InChI=1S/C20H20FN3O2S2/c1-10-3-8-14-15(9-10)28-19-16(14)18(26)23-20(24-19)27-11(2)17(25)22-13-6-4-12(21)5-7-13/h4-7,10-11H,3,8-9H2,1-2H3,(H,22,25)(H,23,24,26). The summed E-state index contributed by atoms with van der Waals surface area (Å²) in [7, 11) is 0. The second-order valence-electron chi connectivity index (χ2n) is 7.16. The largest absolute Gasteiger partial charge is 0.325 e. The number of carbonyl (C=O) groups is 1. The van der Waals surface area contributed by atoms with Crippen molar-refractivity contribution in [2.45, 2.75) is 43.5 Å². The van der Waals surface area contributed by atoms with E-state index in [0.29, 0.717) is 22.1 Å². The van der Waals surface area contributed by atoms with Crippen molar-refractivity contribution in [1.82, 2.24) is 9.97 Å². The number of aryl methyl sites for hydroxylation is 1. The molecule has 1 aliphatic rings. The summed E-state index contributed by atoms with van der Waals surface area (Å²) in [4.78, 5) is 34.5. The van der Waals surface area contributed by atoms with Crippen LogP contribution in [0.5, 0.6) is 0 Å². The maximum absolute atomic E-state index is 13.0. The van der Waals surface area contributed by atoms with Gasteiger partial charge in [-0.25, -0.2) is 9.37 Å². The highest BCUT2D eigenvalue weighted by Crippen LogP contribution is 2.36. The van der Waals surface area contributed by atoms with Crippen molar-refractivity contribution in [1.29, 1.82) is 0 Å². The molecule has 2 N–H and O–H groups in total. The molecule has 0 bridgehead atoms. The Kier molecular flexibility index (Phi) is 5.25. The number of amides is 1. The minimum absolute atomic E-state index is 0.134. The number of anilines is 1. The molecule has 0 spiro atoms. The maximum Gasteiger partial charge on any atom is 0.260 e. The van der Waals surface area contributed by atoms with E-state index in [1.165, 1.54) is 40.9 Å². The van der Waals surface area contributed by atoms with Gasteiger partial charge < -0.3 is 10.3 Å². The number of thiophene rings is 1. The second-order valence-corrected chi connectivity index (χ2v) is 9.57. The first kappa shape index (κ1) is 19.1. The molecule has 8 heteroatoms. The predicted octanol–water partition coefficient (Wildman–Crippen LogP) is 4.37. The van der Waals surface area contributed by atoms with Crippen LogP contribution in [0.3, 0.4) is 0 Å². The quantitative estimate of drug-likeness (QED) is 0.488. The number of aromatic amines is 1. The van der Waals surface area contributed by atoms with E-state index < -0.39 is 5.25 Å². The molecule has 0 saturated carbocycles. The van der Waals surface area contributed by atoms with Gasteiger partial charge in [-0.3, -0.25) is 9.59 Å². The maximum atomic E-state index is 13.0. The van der Waals surface area contributed by atoms with Gasteiger partial charge in [-0.15, -0.1) is 11.3 Å². The van der Waals surface area contributed by atoms with Crippen LogP contribution in [-0.2, 0) is 17.6 Å². The fourth-order valence-corrected chi connectivity index (χ4v) is 5.62. The molecule has 1 amide bonds. The molecule has 2 aromatic heterocycles. The summed E-state index contributed by atoms with van der Waals surface area (Å²) in [6, 6.07) is 5.60. The van der Waals surface area contributed by atoms with Gasteiger partial charge in [0, 0.05) is 10.6 Å². The van der Waals surface area contributed by atoms with Gasteiger partial charge in [0.15, 0.2) is 5.16 Å². The third-order valence-corrected chi connectivity index (χ3v) is 7.05. The van der Waals surface area contributed by atoms with Crippen molar-refractivity contribution in [2.75, 3.05) is 5.32 Å². The van der Waals surface area contributed by atoms with Crippen LogP contribution in [0.25, 0.3) is 10.2 Å².